The molecule has 0 aromatic heterocycles. The maximum absolute atomic E-state index is 10.9. The van der Waals surface area contributed by atoms with Crippen molar-refractivity contribution in [2.45, 2.75) is 19.3 Å². The lowest BCUT2D eigenvalue weighted by Gasteiger charge is -2.24. The van der Waals surface area contributed by atoms with Crippen LogP contribution in [0.1, 0.15) is 24.8 Å². The lowest BCUT2D eigenvalue weighted by atomic mass is 9.80. The molecule has 116 valence electrons. The van der Waals surface area contributed by atoms with Crippen molar-refractivity contribution in [3.8, 4) is 6.07 Å². The molecule has 0 aliphatic heterocycles. The van der Waals surface area contributed by atoms with E-state index in [1.807, 2.05) is 18.2 Å². The highest BCUT2D eigenvalue weighted by molar-refractivity contribution is 6.38. The Kier molecular flexibility index (Phi) is 4.25. The maximum atomic E-state index is 10.9. The van der Waals surface area contributed by atoms with Crippen molar-refractivity contribution < 1.29 is 4.92 Å². The van der Waals surface area contributed by atoms with Gasteiger partial charge in [0, 0.05) is 17.7 Å². The van der Waals surface area contributed by atoms with Gasteiger partial charge in [0.15, 0.2) is 0 Å². The van der Waals surface area contributed by atoms with Crippen molar-refractivity contribution in [2.24, 2.45) is 5.92 Å². The molecule has 1 atom stereocenters. The Morgan fingerprint density at radius 3 is 2.35 bits per heavy atom. The molecule has 0 bridgehead atoms. The second-order valence-corrected chi connectivity index (χ2v) is 6.33. The number of rotatable bonds is 2. The van der Waals surface area contributed by atoms with E-state index in [9.17, 15) is 15.4 Å². The minimum atomic E-state index is -0.538. The van der Waals surface area contributed by atoms with Gasteiger partial charge in [0.05, 0.1) is 27.0 Å². The highest BCUT2D eigenvalue weighted by atomic mass is 35.5. The molecule has 1 aromatic rings. The zero-order valence-corrected chi connectivity index (χ0v) is 13.6. The zero-order valence-electron chi connectivity index (χ0n) is 12.1. The fraction of sp³-hybridized carbons (Fsp3) is 0.235. The van der Waals surface area contributed by atoms with E-state index in [-0.39, 0.29) is 21.7 Å². The normalized spacial score (nSPS) is 19.9. The highest BCUT2D eigenvalue weighted by Crippen LogP contribution is 2.41. The Balaban J connectivity index is 2.04. The Bertz CT molecular complexity index is 802. The molecular weight excluding hydrogens is 335 g/mol. The zero-order chi connectivity index (χ0) is 16.6. The monoisotopic (exact) mass is 346 g/mol. The van der Waals surface area contributed by atoms with Gasteiger partial charge in [-0.1, -0.05) is 47.0 Å². The maximum Gasteiger partial charge on any atom is 0.272 e. The number of nitro benzene ring substituents is 1. The summed E-state index contributed by atoms with van der Waals surface area (Å²) in [6.07, 6.45) is 8.88. The minimum absolute atomic E-state index is 0.154. The van der Waals surface area contributed by atoms with Crippen LogP contribution in [0, 0.1) is 27.4 Å². The molecule has 0 radical (unpaired) electrons. The third kappa shape index (κ3) is 2.90. The second-order valence-electron chi connectivity index (χ2n) is 5.52. The molecule has 6 heteroatoms. The summed E-state index contributed by atoms with van der Waals surface area (Å²) in [5.41, 5.74) is 3.46. The topological polar surface area (TPSA) is 66.9 Å². The highest BCUT2D eigenvalue weighted by Gasteiger charge is 2.24. The SMILES string of the molecule is N#CC1C=C(c2c(Cl)cc([N+](=O)[O-])cc2Cl)C=CC1=C1CCC1. The number of benzene rings is 1. The molecule has 0 saturated heterocycles. The van der Waals surface area contributed by atoms with Crippen LogP contribution in [0.3, 0.4) is 0 Å². The molecule has 0 heterocycles. The van der Waals surface area contributed by atoms with Crippen LogP contribution in [0.4, 0.5) is 5.69 Å². The first-order valence-corrected chi connectivity index (χ1v) is 7.92. The van der Waals surface area contributed by atoms with Gasteiger partial charge in [-0.3, -0.25) is 10.1 Å². The number of nitro groups is 1. The van der Waals surface area contributed by atoms with Crippen LogP contribution >= 0.6 is 23.2 Å². The fourth-order valence-corrected chi connectivity index (χ4v) is 3.50. The predicted molar refractivity (Wildman–Crippen MR) is 90.2 cm³/mol. The average molecular weight is 347 g/mol. The van der Waals surface area contributed by atoms with Crippen molar-refractivity contribution in [1.82, 2.24) is 0 Å². The van der Waals surface area contributed by atoms with Crippen LogP contribution in [0.25, 0.3) is 5.57 Å². The fourth-order valence-electron chi connectivity index (χ4n) is 2.80. The molecule has 4 nitrogen and oxygen atoms in total. The van der Waals surface area contributed by atoms with Gasteiger partial charge >= 0.3 is 0 Å². The summed E-state index contributed by atoms with van der Waals surface area (Å²) in [6, 6.07) is 4.84. The minimum Gasteiger partial charge on any atom is -0.258 e. The molecule has 1 unspecified atom stereocenters. The Hall–Kier alpha value is -2.09. The Morgan fingerprint density at radius 1 is 1.22 bits per heavy atom. The average Bonchev–Trinajstić information content (AvgIpc) is 2.45. The number of halogens is 2. The van der Waals surface area contributed by atoms with Crippen molar-refractivity contribution in [1.29, 1.82) is 5.26 Å². The summed E-state index contributed by atoms with van der Waals surface area (Å²) in [5, 5.41) is 20.7. The van der Waals surface area contributed by atoms with Crippen LogP contribution in [0.2, 0.25) is 10.0 Å². The van der Waals surface area contributed by atoms with Crippen molar-refractivity contribution in [3.05, 3.63) is 67.2 Å². The second kappa shape index (κ2) is 6.19. The quantitative estimate of drug-likeness (QED) is 0.526. The standard InChI is InChI=1S/C17H12Cl2N2O2/c18-15-7-13(21(22)23)8-16(19)17(15)11-4-5-14(10-2-1-3-10)12(6-11)9-20/h4-8,12H,1-3H2. The van der Waals surface area contributed by atoms with Crippen LogP contribution in [0.5, 0.6) is 0 Å². The summed E-state index contributed by atoms with van der Waals surface area (Å²) in [5.74, 6) is -0.340. The van der Waals surface area contributed by atoms with E-state index in [1.54, 1.807) is 0 Å². The van der Waals surface area contributed by atoms with E-state index >= 15 is 0 Å². The van der Waals surface area contributed by atoms with Gasteiger partial charge in [-0.25, -0.2) is 0 Å². The smallest absolute Gasteiger partial charge is 0.258 e. The van der Waals surface area contributed by atoms with Crippen LogP contribution in [-0.2, 0) is 0 Å². The molecular formula is C17H12Cl2N2O2. The van der Waals surface area contributed by atoms with Gasteiger partial charge in [-0.15, -0.1) is 0 Å². The summed E-state index contributed by atoms with van der Waals surface area (Å²) in [6.45, 7) is 0. The van der Waals surface area contributed by atoms with Gasteiger partial charge in [-0.2, -0.15) is 5.26 Å². The number of allylic oxidation sites excluding steroid dienone is 6. The third-order valence-electron chi connectivity index (χ3n) is 4.15. The van der Waals surface area contributed by atoms with E-state index in [4.69, 9.17) is 23.2 Å². The molecule has 1 saturated carbocycles. The van der Waals surface area contributed by atoms with E-state index in [2.05, 4.69) is 6.07 Å². The van der Waals surface area contributed by atoms with Gasteiger partial charge < -0.3 is 0 Å². The Labute approximate surface area is 143 Å². The van der Waals surface area contributed by atoms with Crippen LogP contribution in [0.15, 0.2) is 41.5 Å². The first-order valence-electron chi connectivity index (χ1n) is 7.16. The molecule has 0 N–H and O–H groups in total. The largest absolute Gasteiger partial charge is 0.272 e. The summed E-state index contributed by atoms with van der Waals surface area (Å²) in [4.78, 5) is 10.3. The molecule has 0 amide bonds. The van der Waals surface area contributed by atoms with Gasteiger partial charge in [0.2, 0.25) is 0 Å². The third-order valence-corrected chi connectivity index (χ3v) is 4.75. The molecule has 23 heavy (non-hydrogen) atoms. The molecule has 2 aliphatic rings. The first kappa shape index (κ1) is 15.8. The predicted octanol–water partition coefficient (Wildman–Crippen LogP) is 5.48. The first-order chi connectivity index (χ1) is 11.0. The van der Waals surface area contributed by atoms with Crippen LogP contribution in [-0.4, -0.2) is 4.92 Å². The summed E-state index contributed by atoms with van der Waals surface area (Å²) in [7, 11) is 0. The Morgan fingerprint density at radius 2 is 1.87 bits per heavy atom. The number of non-ortho nitro benzene ring substituents is 1. The molecule has 1 aromatic carbocycles. The lowest BCUT2D eigenvalue weighted by Crippen LogP contribution is -2.09. The summed E-state index contributed by atoms with van der Waals surface area (Å²) >= 11 is 12.4. The molecule has 1 fully saturated rings. The number of hydrogen-bond donors (Lipinski definition) is 0. The van der Waals surface area contributed by atoms with Crippen molar-refractivity contribution in [2.75, 3.05) is 0 Å². The number of nitrogens with zero attached hydrogens (tertiary/aromatic N) is 2. The molecule has 2 aliphatic carbocycles. The van der Waals surface area contributed by atoms with Crippen molar-refractivity contribution >= 4 is 34.5 Å². The summed E-state index contributed by atoms with van der Waals surface area (Å²) < 4.78 is 0. The van der Waals surface area contributed by atoms with Gasteiger partial charge in [-0.05, 0) is 30.4 Å². The number of nitriles is 1. The molecule has 3 rings (SSSR count). The molecule has 0 spiro atoms. The van der Waals surface area contributed by atoms with Gasteiger partial charge in [0.1, 0.15) is 0 Å². The lowest BCUT2D eigenvalue weighted by molar-refractivity contribution is -0.384. The number of hydrogen-bond acceptors (Lipinski definition) is 3. The van der Waals surface area contributed by atoms with Crippen molar-refractivity contribution in [3.63, 3.8) is 0 Å². The van der Waals surface area contributed by atoms with Gasteiger partial charge in [0.25, 0.3) is 5.69 Å². The van der Waals surface area contributed by atoms with E-state index < -0.39 is 4.92 Å². The van der Waals surface area contributed by atoms with Crippen LogP contribution < -0.4 is 0 Å². The van der Waals surface area contributed by atoms with E-state index in [0.717, 1.165) is 18.4 Å². The van der Waals surface area contributed by atoms with E-state index in [1.165, 1.54) is 24.1 Å². The van der Waals surface area contributed by atoms with E-state index in [0.29, 0.717) is 11.1 Å².